The molecule has 0 radical (unpaired) electrons. The van der Waals surface area contributed by atoms with E-state index >= 15 is 0 Å². The van der Waals surface area contributed by atoms with Gasteiger partial charge in [-0.1, -0.05) is 6.07 Å². The number of carbonyl (C=O) groups excluding carboxylic acids is 1. The molecule has 0 saturated carbocycles. The number of hydrogen-bond acceptors (Lipinski definition) is 4. The minimum absolute atomic E-state index is 0.0468. The summed E-state index contributed by atoms with van der Waals surface area (Å²) < 4.78 is 34.0. The molecule has 0 aliphatic rings. The summed E-state index contributed by atoms with van der Waals surface area (Å²) in [7, 11) is 4.68. The fourth-order valence-electron chi connectivity index (χ4n) is 1.66. The normalized spacial score (nSPS) is 10.5. The van der Waals surface area contributed by atoms with Crippen LogP contribution in [0.1, 0.15) is 5.56 Å². The number of likely N-dealkylation sites (N-methyl/N-ethyl adjacent to an activating group) is 2. The summed E-state index contributed by atoms with van der Waals surface area (Å²) >= 11 is 0. The summed E-state index contributed by atoms with van der Waals surface area (Å²) in [5.74, 6) is 0.0763. The van der Waals surface area contributed by atoms with Crippen molar-refractivity contribution >= 4 is 5.91 Å². The van der Waals surface area contributed by atoms with Gasteiger partial charge in [-0.25, -0.2) is 0 Å². The van der Waals surface area contributed by atoms with E-state index in [2.05, 4.69) is 10.1 Å². The summed E-state index contributed by atoms with van der Waals surface area (Å²) in [5.41, 5.74) is 0.674. The molecule has 1 aromatic rings. The Hall–Kier alpha value is -1.89. The maximum atomic E-state index is 12.3. The Labute approximate surface area is 116 Å². The highest BCUT2D eigenvalue weighted by Gasteiger charge is 2.13. The Kier molecular flexibility index (Phi) is 6.17. The highest BCUT2D eigenvalue weighted by atomic mass is 19.3. The lowest BCUT2D eigenvalue weighted by atomic mass is 10.2. The van der Waals surface area contributed by atoms with Gasteiger partial charge in [-0.05, 0) is 24.7 Å². The first-order valence-corrected chi connectivity index (χ1v) is 5.98. The minimum atomic E-state index is -2.93. The molecule has 0 bridgehead atoms. The van der Waals surface area contributed by atoms with Crippen molar-refractivity contribution in [3.05, 3.63) is 23.8 Å². The SMILES string of the molecule is CNCC(=O)N(C)Cc1ccc(OC)c(OC(F)F)c1. The first-order chi connectivity index (χ1) is 9.47. The lowest BCUT2D eigenvalue weighted by Crippen LogP contribution is -2.33. The van der Waals surface area contributed by atoms with E-state index in [4.69, 9.17) is 4.74 Å². The Morgan fingerprint density at radius 2 is 2.10 bits per heavy atom. The molecule has 112 valence electrons. The summed E-state index contributed by atoms with van der Waals surface area (Å²) in [6, 6.07) is 4.66. The van der Waals surface area contributed by atoms with E-state index in [0.717, 1.165) is 0 Å². The zero-order chi connectivity index (χ0) is 15.1. The van der Waals surface area contributed by atoms with Gasteiger partial charge >= 0.3 is 6.61 Å². The molecule has 0 aliphatic carbocycles. The second kappa shape index (κ2) is 7.64. The molecule has 5 nitrogen and oxygen atoms in total. The second-order valence-electron chi connectivity index (χ2n) is 4.14. The standard InChI is InChI=1S/C13H18F2N2O3/c1-16-7-12(18)17(2)8-9-4-5-10(19-3)11(6-9)20-13(14)15/h4-6,13,16H,7-8H2,1-3H3. The average Bonchev–Trinajstić information content (AvgIpc) is 2.38. The summed E-state index contributed by atoms with van der Waals surface area (Å²) in [6.07, 6.45) is 0. The molecule has 0 heterocycles. The monoisotopic (exact) mass is 288 g/mol. The van der Waals surface area contributed by atoms with Crippen molar-refractivity contribution in [3.63, 3.8) is 0 Å². The zero-order valence-electron chi connectivity index (χ0n) is 11.7. The van der Waals surface area contributed by atoms with Gasteiger partial charge in [-0.15, -0.1) is 0 Å². The van der Waals surface area contributed by atoms with Crippen LogP contribution < -0.4 is 14.8 Å². The molecular weight excluding hydrogens is 270 g/mol. The molecule has 0 fully saturated rings. The molecule has 1 amide bonds. The van der Waals surface area contributed by atoms with Gasteiger partial charge in [-0.3, -0.25) is 4.79 Å². The number of halogens is 2. The summed E-state index contributed by atoms with van der Waals surface area (Å²) in [5, 5.41) is 2.75. The molecule has 0 spiro atoms. The smallest absolute Gasteiger partial charge is 0.387 e. The van der Waals surface area contributed by atoms with E-state index in [0.29, 0.717) is 12.1 Å². The van der Waals surface area contributed by atoms with Crippen LogP contribution in [-0.2, 0) is 11.3 Å². The van der Waals surface area contributed by atoms with Crippen LogP contribution in [0.4, 0.5) is 8.78 Å². The fourth-order valence-corrected chi connectivity index (χ4v) is 1.66. The third kappa shape index (κ3) is 4.65. The number of nitrogens with one attached hydrogen (secondary N) is 1. The van der Waals surface area contributed by atoms with E-state index in [1.165, 1.54) is 24.1 Å². The Morgan fingerprint density at radius 1 is 1.40 bits per heavy atom. The predicted molar refractivity (Wildman–Crippen MR) is 70.0 cm³/mol. The van der Waals surface area contributed by atoms with Crippen molar-refractivity contribution in [1.82, 2.24) is 10.2 Å². The van der Waals surface area contributed by atoms with Crippen molar-refractivity contribution in [2.75, 3.05) is 27.7 Å². The number of methoxy groups -OCH3 is 1. The molecule has 0 saturated heterocycles. The largest absolute Gasteiger partial charge is 0.493 e. The maximum Gasteiger partial charge on any atom is 0.387 e. The van der Waals surface area contributed by atoms with Crippen LogP contribution in [0.3, 0.4) is 0 Å². The van der Waals surface area contributed by atoms with Crippen LogP contribution in [0.5, 0.6) is 11.5 Å². The van der Waals surface area contributed by atoms with E-state index in [9.17, 15) is 13.6 Å². The third-order valence-electron chi connectivity index (χ3n) is 2.62. The fraction of sp³-hybridized carbons (Fsp3) is 0.462. The average molecular weight is 288 g/mol. The molecule has 0 aromatic heterocycles. The second-order valence-corrected chi connectivity index (χ2v) is 4.14. The van der Waals surface area contributed by atoms with Crippen molar-refractivity contribution < 1.29 is 23.0 Å². The van der Waals surface area contributed by atoms with Gasteiger partial charge < -0.3 is 19.7 Å². The van der Waals surface area contributed by atoms with Gasteiger partial charge in [0.25, 0.3) is 0 Å². The molecule has 0 atom stereocenters. The Bertz CT molecular complexity index is 455. The zero-order valence-corrected chi connectivity index (χ0v) is 11.7. The molecule has 1 aromatic carbocycles. The van der Waals surface area contributed by atoms with Gasteiger partial charge in [0.15, 0.2) is 11.5 Å². The van der Waals surface area contributed by atoms with Crippen molar-refractivity contribution in [1.29, 1.82) is 0 Å². The predicted octanol–water partition coefficient (Wildman–Crippen LogP) is 1.47. The van der Waals surface area contributed by atoms with E-state index in [1.807, 2.05) is 0 Å². The van der Waals surface area contributed by atoms with Gasteiger partial charge in [0.2, 0.25) is 5.91 Å². The van der Waals surface area contributed by atoms with Gasteiger partial charge in [-0.2, -0.15) is 8.78 Å². The topological polar surface area (TPSA) is 50.8 Å². The summed E-state index contributed by atoms with van der Waals surface area (Å²) in [6.45, 7) is -2.42. The molecule has 0 aliphatic heterocycles. The molecule has 7 heteroatoms. The van der Waals surface area contributed by atoms with E-state index in [-0.39, 0.29) is 24.0 Å². The van der Waals surface area contributed by atoms with Crippen LogP contribution in [0, 0.1) is 0 Å². The quantitative estimate of drug-likeness (QED) is 0.825. The molecule has 1 rings (SSSR count). The number of carbonyl (C=O) groups is 1. The lowest BCUT2D eigenvalue weighted by Gasteiger charge is -2.18. The lowest BCUT2D eigenvalue weighted by molar-refractivity contribution is -0.129. The van der Waals surface area contributed by atoms with Gasteiger partial charge in [0.1, 0.15) is 0 Å². The molecule has 0 unspecified atom stereocenters. The van der Waals surface area contributed by atoms with Gasteiger partial charge in [0, 0.05) is 13.6 Å². The Morgan fingerprint density at radius 3 is 2.65 bits per heavy atom. The van der Waals surface area contributed by atoms with Crippen molar-refractivity contribution in [2.24, 2.45) is 0 Å². The first-order valence-electron chi connectivity index (χ1n) is 5.98. The van der Waals surface area contributed by atoms with Crippen LogP contribution in [-0.4, -0.2) is 45.2 Å². The number of nitrogens with zero attached hydrogens (tertiary/aromatic N) is 1. The highest BCUT2D eigenvalue weighted by Crippen LogP contribution is 2.29. The minimum Gasteiger partial charge on any atom is -0.493 e. The number of amides is 1. The third-order valence-corrected chi connectivity index (χ3v) is 2.62. The number of hydrogen-bond donors (Lipinski definition) is 1. The van der Waals surface area contributed by atoms with Crippen LogP contribution in [0.15, 0.2) is 18.2 Å². The maximum absolute atomic E-state index is 12.3. The number of rotatable bonds is 7. The molecule has 1 N–H and O–H groups in total. The number of benzene rings is 1. The Balaban J connectivity index is 2.83. The van der Waals surface area contributed by atoms with Crippen molar-refractivity contribution in [2.45, 2.75) is 13.2 Å². The van der Waals surface area contributed by atoms with Crippen LogP contribution in [0.2, 0.25) is 0 Å². The molecular formula is C13H18F2N2O3. The van der Waals surface area contributed by atoms with Crippen LogP contribution >= 0.6 is 0 Å². The number of ether oxygens (including phenoxy) is 2. The van der Waals surface area contributed by atoms with Crippen molar-refractivity contribution in [3.8, 4) is 11.5 Å². The summed E-state index contributed by atoms with van der Waals surface area (Å²) in [4.78, 5) is 13.1. The highest BCUT2D eigenvalue weighted by molar-refractivity contribution is 5.77. The molecule has 20 heavy (non-hydrogen) atoms. The number of alkyl halides is 2. The van der Waals surface area contributed by atoms with Crippen LogP contribution in [0.25, 0.3) is 0 Å². The van der Waals surface area contributed by atoms with Gasteiger partial charge in [0.05, 0.1) is 13.7 Å². The first kappa shape index (κ1) is 16.2. The van der Waals surface area contributed by atoms with E-state index < -0.39 is 6.61 Å². The van der Waals surface area contributed by atoms with E-state index in [1.54, 1.807) is 20.2 Å².